The predicted octanol–water partition coefficient (Wildman–Crippen LogP) is 2.80. The first-order valence-corrected chi connectivity index (χ1v) is 7.24. The highest BCUT2D eigenvalue weighted by Gasteiger charge is 2.16. The Hall–Kier alpha value is -1.87. The molecule has 1 aliphatic rings. The molecule has 0 aliphatic carbocycles. The van der Waals surface area contributed by atoms with Gasteiger partial charge in [-0.2, -0.15) is 0 Å². The van der Waals surface area contributed by atoms with Crippen LogP contribution in [0, 0.1) is 6.92 Å². The molecule has 2 aromatic rings. The van der Waals surface area contributed by atoms with Gasteiger partial charge in [-0.15, -0.1) is 0 Å². The van der Waals surface area contributed by atoms with Crippen LogP contribution in [0.1, 0.15) is 28.8 Å². The van der Waals surface area contributed by atoms with Crippen molar-refractivity contribution in [3.8, 4) is 0 Å². The van der Waals surface area contributed by atoms with Crippen molar-refractivity contribution in [2.45, 2.75) is 32.9 Å². The lowest BCUT2D eigenvalue weighted by atomic mass is 9.99. The van der Waals surface area contributed by atoms with Gasteiger partial charge in [0.25, 0.3) is 0 Å². The summed E-state index contributed by atoms with van der Waals surface area (Å²) in [6.45, 7) is 4.72. The number of benzene rings is 1. The van der Waals surface area contributed by atoms with E-state index < -0.39 is 0 Å². The fraction of sp³-hybridized carbons (Fsp3) is 0.353. The average molecular weight is 267 g/mol. The topological polar surface area (TPSA) is 42.2 Å². The minimum absolute atomic E-state index is 0.504. The van der Waals surface area contributed by atoms with Gasteiger partial charge in [-0.25, -0.2) is 0 Å². The minimum Gasteiger partial charge on any atom is -0.367 e. The van der Waals surface area contributed by atoms with Gasteiger partial charge in [0.15, 0.2) is 0 Å². The van der Waals surface area contributed by atoms with Crippen molar-refractivity contribution < 1.29 is 0 Å². The summed E-state index contributed by atoms with van der Waals surface area (Å²) in [6.07, 6.45) is 4.28. The molecule has 1 aliphatic heterocycles. The number of nitrogens with two attached hydrogens (primary N) is 1. The molecule has 3 rings (SSSR count). The standard InChI is InChI=1S/C17H21N3/c1-13-4-5-17-15(9-13)3-2-8-20(17)12-14-6-7-19-16(10-14)11-18/h4-7,9-10H,2-3,8,11-12,18H2,1H3. The summed E-state index contributed by atoms with van der Waals surface area (Å²) >= 11 is 0. The van der Waals surface area contributed by atoms with Gasteiger partial charge in [0.1, 0.15) is 0 Å². The third-order valence-electron chi connectivity index (χ3n) is 3.91. The van der Waals surface area contributed by atoms with Crippen LogP contribution in [0.2, 0.25) is 0 Å². The normalized spacial score (nSPS) is 14.2. The van der Waals surface area contributed by atoms with Gasteiger partial charge in [0.05, 0.1) is 5.69 Å². The number of hydrogen-bond acceptors (Lipinski definition) is 3. The molecule has 0 saturated heterocycles. The number of rotatable bonds is 3. The highest BCUT2D eigenvalue weighted by atomic mass is 15.1. The molecule has 0 radical (unpaired) electrons. The summed E-state index contributed by atoms with van der Waals surface area (Å²) in [4.78, 5) is 6.73. The molecule has 0 spiro atoms. The van der Waals surface area contributed by atoms with Gasteiger partial charge < -0.3 is 10.6 Å². The molecule has 0 bridgehead atoms. The number of aryl methyl sites for hydroxylation is 2. The fourth-order valence-corrected chi connectivity index (χ4v) is 2.93. The molecule has 20 heavy (non-hydrogen) atoms. The molecule has 104 valence electrons. The van der Waals surface area contributed by atoms with Gasteiger partial charge in [0, 0.05) is 31.5 Å². The van der Waals surface area contributed by atoms with Crippen molar-refractivity contribution in [1.82, 2.24) is 4.98 Å². The Labute approximate surface area is 120 Å². The van der Waals surface area contributed by atoms with E-state index in [1.165, 1.54) is 35.2 Å². The van der Waals surface area contributed by atoms with Gasteiger partial charge >= 0.3 is 0 Å². The van der Waals surface area contributed by atoms with E-state index in [0.29, 0.717) is 6.54 Å². The van der Waals surface area contributed by atoms with E-state index in [9.17, 15) is 0 Å². The molecule has 3 heteroatoms. The van der Waals surface area contributed by atoms with Crippen molar-refractivity contribution in [2.24, 2.45) is 5.73 Å². The van der Waals surface area contributed by atoms with E-state index in [-0.39, 0.29) is 0 Å². The second-order valence-electron chi connectivity index (χ2n) is 5.52. The van der Waals surface area contributed by atoms with Crippen LogP contribution in [0.25, 0.3) is 0 Å². The van der Waals surface area contributed by atoms with E-state index in [0.717, 1.165) is 18.8 Å². The highest BCUT2D eigenvalue weighted by molar-refractivity contribution is 5.57. The zero-order valence-electron chi connectivity index (χ0n) is 12.0. The second-order valence-corrected chi connectivity index (χ2v) is 5.52. The van der Waals surface area contributed by atoms with Crippen molar-refractivity contribution in [3.63, 3.8) is 0 Å². The third-order valence-corrected chi connectivity index (χ3v) is 3.91. The molecule has 2 N–H and O–H groups in total. The number of hydrogen-bond donors (Lipinski definition) is 1. The summed E-state index contributed by atoms with van der Waals surface area (Å²) in [5, 5.41) is 0. The summed E-state index contributed by atoms with van der Waals surface area (Å²) in [7, 11) is 0. The smallest absolute Gasteiger partial charge is 0.0542 e. The predicted molar refractivity (Wildman–Crippen MR) is 82.7 cm³/mol. The monoisotopic (exact) mass is 267 g/mol. The molecule has 2 heterocycles. The Bertz CT molecular complexity index is 607. The zero-order chi connectivity index (χ0) is 13.9. The van der Waals surface area contributed by atoms with E-state index in [1.807, 2.05) is 6.20 Å². The molecule has 1 aromatic heterocycles. The average Bonchev–Trinajstić information content (AvgIpc) is 2.47. The zero-order valence-corrected chi connectivity index (χ0v) is 12.0. The molecule has 0 unspecified atom stereocenters. The summed E-state index contributed by atoms with van der Waals surface area (Å²) < 4.78 is 0. The van der Waals surface area contributed by atoms with Crippen LogP contribution in [0.4, 0.5) is 5.69 Å². The van der Waals surface area contributed by atoms with Crippen molar-refractivity contribution in [1.29, 1.82) is 0 Å². The Morgan fingerprint density at radius 2 is 2.15 bits per heavy atom. The first-order valence-electron chi connectivity index (χ1n) is 7.24. The molecule has 0 saturated carbocycles. The SMILES string of the molecule is Cc1ccc2c(c1)CCCN2Cc1ccnc(CN)c1. The van der Waals surface area contributed by atoms with Crippen molar-refractivity contribution >= 4 is 5.69 Å². The second kappa shape index (κ2) is 5.63. The van der Waals surface area contributed by atoms with Crippen LogP contribution < -0.4 is 10.6 Å². The Morgan fingerprint density at radius 1 is 1.25 bits per heavy atom. The molecule has 1 aromatic carbocycles. The molecule has 0 fully saturated rings. The van der Waals surface area contributed by atoms with Gasteiger partial charge in [-0.05, 0) is 49.1 Å². The van der Waals surface area contributed by atoms with Crippen molar-refractivity contribution in [3.05, 3.63) is 58.9 Å². The molecule has 3 nitrogen and oxygen atoms in total. The molecular weight excluding hydrogens is 246 g/mol. The van der Waals surface area contributed by atoms with Crippen LogP contribution >= 0.6 is 0 Å². The number of fused-ring (bicyclic) bond motifs is 1. The van der Waals surface area contributed by atoms with Crippen LogP contribution in [0.15, 0.2) is 36.5 Å². The summed E-state index contributed by atoms with van der Waals surface area (Å²) in [6, 6.07) is 11.0. The lowest BCUT2D eigenvalue weighted by Gasteiger charge is -2.31. The number of aromatic nitrogens is 1. The maximum absolute atomic E-state index is 5.67. The van der Waals surface area contributed by atoms with Crippen LogP contribution in [-0.2, 0) is 19.5 Å². The van der Waals surface area contributed by atoms with E-state index in [1.54, 1.807) is 0 Å². The third kappa shape index (κ3) is 2.68. The summed E-state index contributed by atoms with van der Waals surface area (Å²) in [5.74, 6) is 0. The maximum atomic E-state index is 5.67. The van der Waals surface area contributed by atoms with E-state index in [2.05, 4.69) is 47.1 Å². The molecular formula is C17H21N3. The Balaban J connectivity index is 1.85. The fourth-order valence-electron chi connectivity index (χ4n) is 2.93. The van der Waals surface area contributed by atoms with E-state index in [4.69, 9.17) is 5.73 Å². The Morgan fingerprint density at radius 3 is 3.00 bits per heavy atom. The quantitative estimate of drug-likeness (QED) is 0.930. The van der Waals surface area contributed by atoms with Gasteiger partial charge in [-0.1, -0.05) is 17.7 Å². The first kappa shape index (κ1) is 13.1. The highest BCUT2D eigenvalue weighted by Crippen LogP contribution is 2.29. The number of nitrogens with zero attached hydrogens (tertiary/aromatic N) is 2. The van der Waals surface area contributed by atoms with Crippen molar-refractivity contribution in [2.75, 3.05) is 11.4 Å². The van der Waals surface area contributed by atoms with Gasteiger partial charge in [-0.3, -0.25) is 4.98 Å². The largest absolute Gasteiger partial charge is 0.367 e. The Kier molecular flexibility index (Phi) is 3.70. The molecule has 0 amide bonds. The van der Waals surface area contributed by atoms with Crippen LogP contribution in [0.5, 0.6) is 0 Å². The van der Waals surface area contributed by atoms with Gasteiger partial charge in [0.2, 0.25) is 0 Å². The number of anilines is 1. The van der Waals surface area contributed by atoms with Crippen LogP contribution in [0.3, 0.4) is 0 Å². The lowest BCUT2D eigenvalue weighted by molar-refractivity contribution is 0.689. The number of pyridine rings is 1. The first-order chi connectivity index (χ1) is 9.76. The van der Waals surface area contributed by atoms with E-state index >= 15 is 0 Å². The van der Waals surface area contributed by atoms with Crippen LogP contribution in [-0.4, -0.2) is 11.5 Å². The maximum Gasteiger partial charge on any atom is 0.0542 e. The molecule has 0 atom stereocenters. The minimum atomic E-state index is 0.504. The lowest BCUT2D eigenvalue weighted by Crippen LogP contribution is -2.28. The summed E-state index contributed by atoms with van der Waals surface area (Å²) in [5.41, 5.74) is 12.1.